The third-order valence-corrected chi connectivity index (χ3v) is 4.46. The lowest BCUT2D eigenvalue weighted by Crippen LogP contribution is -2.13. The van der Waals surface area contributed by atoms with E-state index in [9.17, 15) is 0 Å². The first kappa shape index (κ1) is 15.9. The van der Waals surface area contributed by atoms with Crippen LogP contribution < -0.4 is 14.8 Å². The molecule has 0 aliphatic carbocycles. The molecule has 3 rings (SSSR count). The lowest BCUT2D eigenvalue weighted by Gasteiger charge is -2.12. The predicted octanol–water partition coefficient (Wildman–Crippen LogP) is 4.50. The first-order valence-corrected chi connectivity index (χ1v) is 8.08. The first-order chi connectivity index (χ1) is 11.2. The Morgan fingerprint density at radius 3 is 2.57 bits per heavy atom. The summed E-state index contributed by atoms with van der Waals surface area (Å²) >= 11 is 3.57. The molecule has 120 valence electrons. The van der Waals surface area contributed by atoms with Gasteiger partial charge in [-0.2, -0.15) is 0 Å². The van der Waals surface area contributed by atoms with E-state index in [2.05, 4.69) is 39.4 Å². The summed E-state index contributed by atoms with van der Waals surface area (Å²) in [6.07, 6.45) is 1.71. The van der Waals surface area contributed by atoms with Gasteiger partial charge in [-0.25, -0.2) is 0 Å². The lowest BCUT2D eigenvalue weighted by molar-refractivity contribution is 0.354. The van der Waals surface area contributed by atoms with Gasteiger partial charge >= 0.3 is 0 Å². The molecule has 1 aromatic heterocycles. The second-order valence-electron chi connectivity index (χ2n) is 5.19. The lowest BCUT2D eigenvalue weighted by atomic mass is 10.1. The minimum absolute atomic E-state index is 0.714. The topological polar surface area (TPSA) is 43.6 Å². The van der Waals surface area contributed by atoms with Crippen molar-refractivity contribution in [3.05, 3.63) is 58.3 Å². The van der Waals surface area contributed by atoms with Crippen molar-refractivity contribution in [2.45, 2.75) is 13.1 Å². The SMILES string of the molecule is COc1cc(Br)c(CNCc2ccc3ccoc3c2)cc1OC. The van der Waals surface area contributed by atoms with Gasteiger partial charge in [0.1, 0.15) is 5.58 Å². The molecule has 0 aliphatic heterocycles. The number of halogens is 1. The van der Waals surface area contributed by atoms with Gasteiger partial charge in [-0.1, -0.05) is 28.1 Å². The highest BCUT2D eigenvalue weighted by Crippen LogP contribution is 2.33. The highest BCUT2D eigenvalue weighted by atomic mass is 79.9. The Labute approximate surface area is 143 Å². The fourth-order valence-electron chi connectivity index (χ4n) is 2.48. The van der Waals surface area contributed by atoms with Gasteiger partial charge in [0, 0.05) is 22.9 Å². The van der Waals surface area contributed by atoms with Crippen molar-refractivity contribution in [1.82, 2.24) is 5.32 Å². The summed E-state index contributed by atoms with van der Waals surface area (Å²) in [4.78, 5) is 0. The molecule has 0 saturated carbocycles. The minimum Gasteiger partial charge on any atom is -0.493 e. The van der Waals surface area contributed by atoms with Crippen molar-refractivity contribution in [3.8, 4) is 11.5 Å². The van der Waals surface area contributed by atoms with Crippen molar-refractivity contribution in [2.75, 3.05) is 14.2 Å². The number of furan rings is 1. The molecule has 0 atom stereocenters. The molecule has 0 fully saturated rings. The van der Waals surface area contributed by atoms with E-state index in [1.54, 1.807) is 20.5 Å². The Balaban J connectivity index is 1.68. The van der Waals surface area contributed by atoms with Crippen molar-refractivity contribution >= 4 is 26.9 Å². The average molecular weight is 376 g/mol. The van der Waals surface area contributed by atoms with Crippen LogP contribution in [0.5, 0.6) is 11.5 Å². The highest BCUT2D eigenvalue weighted by molar-refractivity contribution is 9.10. The second-order valence-corrected chi connectivity index (χ2v) is 6.05. The van der Waals surface area contributed by atoms with Crippen molar-refractivity contribution in [2.24, 2.45) is 0 Å². The number of methoxy groups -OCH3 is 2. The van der Waals surface area contributed by atoms with Gasteiger partial charge < -0.3 is 19.2 Å². The maximum atomic E-state index is 5.43. The highest BCUT2D eigenvalue weighted by Gasteiger charge is 2.09. The van der Waals surface area contributed by atoms with Crippen LogP contribution in [-0.4, -0.2) is 14.2 Å². The minimum atomic E-state index is 0.714. The summed E-state index contributed by atoms with van der Waals surface area (Å²) < 4.78 is 17.1. The van der Waals surface area contributed by atoms with Gasteiger partial charge in [0.25, 0.3) is 0 Å². The third kappa shape index (κ3) is 3.51. The molecule has 0 radical (unpaired) electrons. The maximum absolute atomic E-state index is 5.43. The molecular weight excluding hydrogens is 358 g/mol. The molecule has 5 heteroatoms. The number of ether oxygens (including phenoxy) is 2. The molecule has 1 N–H and O–H groups in total. The van der Waals surface area contributed by atoms with E-state index in [1.807, 2.05) is 18.2 Å². The molecule has 1 heterocycles. The molecule has 4 nitrogen and oxygen atoms in total. The molecule has 23 heavy (non-hydrogen) atoms. The van der Waals surface area contributed by atoms with E-state index >= 15 is 0 Å². The van der Waals surface area contributed by atoms with E-state index in [4.69, 9.17) is 13.9 Å². The van der Waals surface area contributed by atoms with E-state index in [1.165, 1.54) is 5.56 Å². The number of nitrogens with one attached hydrogen (secondary N) is 1. The smallest absolute Gasteiger partial charge is 0.161 e. The van der Waals surface area contributed by atoms with Crippen LogP contribution in [0, 0.1) is 0 Å². The molecule has 2 aromatic carbocycles. The van der Waals surface area contributed by atoms with Gasteiger partial charge in [-0.3, -0.25) is 0 Å². The zero-order valence-electron chi connectivity index (χ0n) is 13.1. The van der Waals surface area contributed by atoms with Crippen LogP contribution in [0.15, 0.2) is 51.6 Å². The van der Waals surface area contributed by atoms with Crippen LogP contribution in [0.3, 0.4) is 0 Å². The van der Waals surface area contributed by atoms with Crippen LogP contribution in [0.4, 0.5) is 0 Å². The van der Waals surface area contributed by atoms with Gasteiger partial charge in [-0.05, 0) is 35.4 Å². The van der Waals surface area contributed by atoms with Crippen LogP contribution in [-0.2, 0) is 13.1 Å². The summed E-state index contributed by atoms with van der Waals surface area (Å²) in [6, 6.07) is 12.1. The van der Waals surface area contributed by atoms with Crippen molar-refractivity contribution in [1.29, 1.82) is 0 Å². The Morgan fingerprint density at radius 1 is 1.00 bits per heavy atom. The zero-order chi connectivity index (χ0) is 16.2. The Hall–Kier alpha value is -1.98. The maximum Gasteiger partial charge on any atom is 0.161 e. The standard InChI is InChI=1S/C18H18BrNO3/c1-21-17-8-14(15(19)9-18(17)22-2)11-20-10-12-3-4-13-5-6-23-16(13)7-12/h3-9,20H,10-11H2,1-2H3. The average Bonchev–Trinajstić information content (AvgIpc) is 3.03. The van der Waals surface area contributed by atoms with E-state index < -0.39 is 0 Å². The fourth-order valence-corrected chi connectivity index (χ4v) is 2.94. The Kier molecular flexibility index (Phi) is 4.88. The predicted molar refractivity (Wildman–Crippen MR) is 94.0 cm³/mol. The van der Waals surface area contributed by atoms with Gasteiger partial charge in [-0.15, -0.1) is 0 Å². The summed E-state index contributed by atoms with van der Waals surface area (Å²) in [6.45, 7) is 1.48. The summed E-state index contributed by atoms with van der Waals surface area (Å²) in [7, 11) is 3.27. The van der Waals surface area contributed by atoms with Crippen molar-refractivity contribution in [3.63, 3.8) is 0 Å². The zero-order valence-corrected chi connectivity index (χ0v) is 14.6. The normalized spacial score (nSPS) is 10.9. The van der Waals surface area contributed by atoms with E-state index in [0.29, 0.717) is 5.75 Å². The van der Waals surface area contributed by atoms with E-state index in [-0.39, 0.29) is 0 Å². The monoisotopic (exact) mass is 375 g/mol. The fraction of sp³-hybridized carbons (Fsp3) is 0.222. The number of hydrogen-bond acceptors (Lipinski definition) is 4. The van der Waals surface area contributed by atoms with Crippen LogP contribution in [0.2, 0.25) is 0 Å². The second kappa shape index (κ2) is 7.06. The molecule has 0 aliphatic rings. The molecule has 0 saturated heterocycles. The van der Waals surface area contributed by atoms with Crippen LogP contribution >= 0.6 is 15.9 Å². The number of fused-ring (bicyclic) bond motifs is 1. The number of benzene rings is 2. The number of rotatable bonds is 6. The molecule has 3 aromatic rings. The largest absolute Gasteiger partial charge is 0.493 e. The molecule has 0 amide bonds. The quantitative estimate of drug-likeness (QED) is 0.688. The Bertz CT molecular complexity index is 813. The molecular formula is C18H18BrNO3. The van der Waals surface area contributed by atoms with E-state index in [0.717, 1.165) is 39.8 Å². The summed E-state index contributed by atoms with van der Waals surface area (Å²) in [5, 5.41) is 4.56. The molecule has 0 unspecified atom stereocenters. The summed E-state index contributed by atoms with van der Waals surface area (Å²) in [5.41, 5.74) is 3.21. The third-order valence-electron chi connectivity index (χ3n) is 3.72. The first-order valence-electron chi connectivity index (χ1n) is 7.28. The van der Waals surface area contributed by atoms with Gasteiger partial charge in [0.15, 0.2) is 11.5 Å². The van der Waals surface area contributed by atoms with Gasteiger partial charge in [0.05, 0.1) is 20.5 Å². The summed E-state index contributed by atoms with van der Waals surface area (Å²) in [5.74, 6) is 1.44. The Morgan fingerprint density at radius 2 is 1.78 bits per heavy atom. The van der Waals surface area contributed by atoms with Gasteiger partial charge in [0.2, 0.25) is 0 Å². The molecule has 0 bridgehead atoms. The van der Waals surface area contributed by atoms with Crippen LogP contribution in [0.1, 0.15) is 11.1 Å². The van der Waals surface area contributed by atoms with Crippen LogP contribution in [0.25, 0.3) is 11.0 Å². The number of hydrogen-bond donors (Lipinski definition) is 1. The molecule has 0 spiro atoms. The van der Waals surface area contributed by atoms with Crippen molar-refractivity contribution < 1.29 is 13.9 Å².